The molecule has 0 aliphatic rings. The van der Waals surface area contributed by atoms with Gasteiger partial charge in [-0.05, 0) is 44.4 Å². The highest BCUT2D eigenvalue weighted by Gasteiger charge is 2.19. The van der Waals surface area contributed by atoms with Crippen LogP contribution in [0.5, 0.6) is 0 Å². The molecule has 2 heterocycles. The van der Waals surface area contributed by atoms with Crippen molar-refractivity contribution in [2.75, 3.05) is 11.5 Å². The van der Waals surface area contributed by atoms with Crippen LogP contribution in [0.25, 0.3) is 22.1 Å². The summed E-state index contributed by atoms with van der Waals surface area (Å²) < 4.78 is 11.8. The highest BCUT2D eigenvalue weighted by Crippen LogP contribution is 2.37. The summed E-state index contributed by atoms with van der Waals surface area (Å²) in [7, 11) is 0. The van der Waals surface area contributed by atoms with Crippen LogP contribution < -0.4 is 4.90 Å². The van der Waals surface area contributed by atoms with Gasteiger partial charge in [0.05, 0.1) is 18.6 Å². The maximum atomic E-state index is 6.11. The van der Waals surface area contributed by atoms with E-state index in [0.717, 1.165) is 27.6 Å². The summed E-state index contributed by atoms with van der Waals surface area (Å²) in [6.07, 6.45) is 5.53. The topological polar surface area (TPSA) is 38.5 Å². The maximum Gasteiger partial charge on any atom is 0.227 e. The molecule has 132 valence electrons. The van der Waals surface area contributed by atoms with Gasteiger partial charge in [0.1, 0.15) is 0 Å². The van der Waals surface area contributed by atoms with E-state index in [2.05, 4.69) is 62.7 Å². The van der Waals surface area contributed by atoms with Gasteiger partial charge in [0.25, 0.3) is 0 Å². The van der Waals surface area contributed by atoms with Crippen LogP contribution in [-0.4, -0.2) is 17.6 Å². The van der Waals surface area contributed by atoms with Gasteiger partial charge in [0.2, 0.25) is 5.71 Å². The average molecular weight is 338 g/mol. The molecule has 0 bridgehead atoms. The Kier molecular flexibility index (Phi) is 4.98. The molecule has 0 radical (unpaired) electrons. The van der Waals surface area contributed by atoms with Crippen LogP contribution in [0.3, 0.4) is 0 Å². The smallest absolute Gasteiger partial charge is 0.227 e. The van der Waals surface area contributed by atoms with Crippen molar-refractivity contribution < 1.29 is 9.15 Å². The van der Waals surface area contributed by atoms with E-state index in [1.807, 2.05) is 12.3 Å². The number of fused-ring (bicyclic) bond motifs is 3. The van der Waals surface area contributed by atoms with Gasteiger partial charge < -0.3 is 14.1 Å². The second-order valence-electron chi connectivity index (χ2n) is 7.08. The normalized spacial score (nSPS) is 12.1. The van der Waals surface area contributed by atoms with Gasteiger partial charge in [-0.25, -0.2) is 4.98 Å². The highest BCUT2D eigenvalue weighted by molar-refractivity contribution is 6.08. The quantitative estimate of drug-likeness (QED) is 0.545. The van der Waals surface area contributed by atoms with Gasteiger partial charge in [-0.1, -0.05) is 26.0 Å². The van der Waals surface area contributed by atoms with Crippen LogP contribution in [0.2, 0.25) is 0 Å². The average Bonchev–Trinajstić information content (AvgIpc) is 2.94. The molecule has 1 aromatic carbocycles. The van der Waals surface area contributed by atoms with E-state index in [-0.39, 0.29) is 6.04 Å². The summed E-state index contributed by atoms with van der Waals surface area (Å²) in [6, 6.07) is 8.51. The minimum Gasteiger partial charge on any atom is -0.499 e. The fourth-order valence-corrected chi connectivity index (χ4v) is 2.94. The molecular formula is C21H26N2O2. The van der Waals surface area contributed by atoms with E-state index >= 15 is 0 Å². The first-order chi connectivity index (χ1) is 12.0. The molecule has 0 fully saturated rings. The number of aryl methyl sites for hydroxylation is 1. The minimum absolute atomic E-state index is 0.268. The molecule has 25 heavy (non-hydrogen) atoms. The second kappa shape index (κ2) is 7.18. The first kappa shape index (κ1) is 17.3. The van der Waals surface area contributed by atoms with Crippen molar-refractivity contribution in [2.45, 2.75) is 40.7 Å². The predicted octanol–water partition coefficient (Wildman–Crippen LogP) is 5.65. The van der Waals surface area contributed by atoms with Crippen LogP contribution in [0.1, 0.15) is 33.3 Å². The monoisotopic (exact) mass is 338 g/mol. The van der Waals surface area contributed by atoms with E-state index in [9.17, 15) is 0 Å². The summed E-state index contributed by atoms with van der Waals surface area (Å²) in [4.78, 5) is 6.56. The number of furan rings is 1. The number of benzene rings is 1. The lowest BCUT2D eigenvalue weighted by atomic mass is 10.1. The molecule has 0 aliphatic heterocycles. The SMILES string of the molecule is Cc1ccc2c(oc3ncccc32)c1N(/C=C\OCC(C)C)C(C)C. The maximum absolute atomic E-state index is 6.11. The van der Waals surface area contributed by atoms with Crippen molar-refractivity contribution in [3.63, 3.8) is 0 Å². The molecule has 4 heteroatoms. The lowest BCUT2D eigenvalue weighted by molar-refractivity contribution is 0.210. The third-order valence-corrected chi connectivity index (χ3v) is 4.16. The lowest BCUT2D eigenvalue weighted by Gasteiger charge is -2.26. The Labute approximate surface area is 149 Å². The molecule has 0 aliphatic carbocycles. The fourth-order valence-electron chi connectivity index (χ4n) is 2.94. The number of anilines is 1. The van der Waals surface area contributed by atoms with Crippen molar-refractivity contribution in [1.82, 2.24) is 4.98 Å². The Balaban J connectivity index is 2.08. The first-order valence-corrected chi connectivity index (χ1v) is 8.82. The summed E-state index contributed by atoms with van der Waals surface area (Å²) in [5.74, 6) is 0.503. The van der Waals surface area contributed by atoms with Crippen LogP contribution in [-0.2, 0) is 4.74 Å². The Morgan fingerprint density at radius 1 is 1.16 bits per heavy atom. The van der Waals surface area contributed by atoms with Gasteiger partial charge in [0.15, 0.2) is 5.58 Å². The lowest BCUT2D eigenvalue weighted by Crippen LogP contribution is -2.25. The Bertz CT molecular complexity index is 893. The van der Waals surface area contributed by atoms with Gasteiger partial charge in [-0.2, -0.15) is 0 Å². The minimum atomic E-state index is 0.268. The van der Waals surface area contributed by atoms with Crippen molar-refractivity contribution in [3.8, 4) is 0 Å². The van der Waals surface area contributed by atoms with Crippen LogP contribution in [0, 0.1) is 12.8 Å². The van der Waals surface area contributed by atoms with E-state index in [1.165, 1.54) is 0 Å². The van der Waals surface area contributed by atoms with E-state index in [0.29, 0.717) is 18.2 Å². The van der Waals surface area contributed by atoms with Crippen LogP contribution in [0.4, 0.5) is 5.69 Å². The zero-order chi connectivity index (χ0) is 18.0. The first-order valence-electron chi connectivity index (χ1n) is 8.82. The number of nitrogens with zero attached hydrogens (tertiary/aromatic N) is 2. The third kappa shape index (κ3) is 3.48. The molecule has 0 spiro atoms. The molecule has 0 saturated heterocycles. The highest BCUT2D eigenvalue weighted by atomic mass is 16.5. The fraction of sp³-hybridized carbons (Fsp3) is 0.381. The summed E-state index contributed by atoms with van der Waals surface area (Å²) >= 11 is 0. The zero-order valence-electron chi connectivity index (χ0n) is 15.6. The van der Waals surface area contributed by atoms with Gasteiger partial charge in [-0.3, -0.25) is 0 Å². The zero-order valence-corrected chi connectivity index (χ0v) is 15.6. The van der Waals surface area contributed by atoms with Crippen LogP contribution >= 0.6 is 0 Å². The molecule has 0 atom stereocenters. The van der Waals surface area contributed by atoms with Gasteiger partial charge in [-0.15, -0.1) is 0 Å². The van der Waals surface area contributed by atoms with E-state index in [1.54, 1.807) is 12.5 Å². The molecule has 0 saturated carbocycles. The van der Waals surface area contributed by atoms with Crippen molar-refractivity contribution in [1.29, 1.82) is 0 Å². The largest absolute Gasteiger partial charge is 0.499 e. The Morgan fingerprint density at radius 3 is 2.68 bits per heavy atom. The van der Waals surface area contributed by atoms with Gasteiger partial charge >= 0.3 is 0 Å². The predicted molar refractivity (Wildman–Crippen MR) is 104 cm³/mol. The Hall–Kier alpha value is -2.49. The Morgan fingerprint density at radius 2 is 1.96 bits per heavy atom. The van der Waals surface area contributed by atoms with Crippen LogP contribution in [0.15, 0.2) is 47.3 Å². The molecule has 0 unspecified atom stereocenters. The standard InChI is InChI=1S/C21H26N2O2/c1-14(2)13-24-12-11-23(15(3)4)19-16(5)8-9-17-18-7-6-10-22-21(18)25-20(17)19/h6-12,14-15H,13H2,1-5H3/b12-11-. The third-order valence-electron chi connectivity index (χ3n) is 4.16. The number of pyridine rings is 1. The van der Waals surface area contributed by atoms with Crippen molar-refractivity contribution in [2.24, 2.45) is 5.92 Å². The summed E-state index contributed by atoms with van der Waals surface area (Å²) in [5, 5.41) is 2.13. The van der Waals surface area contributed by atoms with Crippen molar-refractivity contribution in [3.05, 3.63) is 48.5 Å². The molecule has 0 N–H and O–H groups in total. The number of hydrogen-bond donors (Lipinski definition) is 0. The number of ether oxygens (including phenoxy) is 1. The number of hydrogen-bond acceptors (Lipinski definition) is 4. The molecule has 3 aromatic rings. The molecule has 2 aromatic heterocycles. The number of rotatable bonds is 6. The molecular weight excluding hydrogens is 312 g/mol. The molecule has 3 rings (SSSR count). The summed E-state index contributed by atoms with van der Waals surface area (Å²) in [6.45, 7) is 11.4. The molecule has 0 amide bonds. The van der Waals surface area contributed by atoms with Crippen molar-refractivity contribution >= 4 is 27.8 Å². The second-order valence-corrected chi connectivity index (χ2v) is 7.08. The van der Waals surface area contributed by atoms with Gasteiger partial charge in [0, 0.05) is 29.2 Å². The number of aromatic nitrogens is 1. The van der Waals surface area contributed by atoms with E-state index in [4.69, 9.17) is 9.15 Å². The van der Waals surface area contributed by atoms with E-state index < -0.39 is 0 Å². The summed E-state index contributed by atoms with van der Waals surface area (Å²) in [5.41, 5.74) is 3.77. The molecule has 4 nitrogen and oxygen atoms in total.